The van der Waals surface area contributed by atoms with Crippen molar-refractivity contribution in [3.63, 3.8) is 0 Å². The minimum absolute atomic E-state index is 1.09. The fourth-order valence-electron chi connectivity index (χ4n) is 8.93. The molecular weight excluding hydrogens is 701 g/mol. The zero-order valence-corrected chi connectivity index (χ0v) is 31.8. The summed E-state index contributed by atoms with van der Waals surface area (Å²) in [6.45, 7) is 0. The topological polar surface area (TPSA) is 8.17 Å². The average Bonchev–Trinajstić information content (AvgIpc) is 3.63. The van der Waals surface area contributed by atoms with Gasteiger partial charge in [-0.3, -0.25) is 0 Å². The van der Waals surface area contributed by atoms with Crippen LogP contribution in [0.25, 0.3) is 82.4 Å². The quantitative estimate of drug-likeness (QED) is 0.158. The Bertz CT molecular complexity index is 3280. The molecule has 58 heavy (non-hydrogen) atoms. The van der Waals surface area contributed by atoms with Crippen LogP contribution in [0.2, 0.25) is 0 Å². The maximum Gasteiger partial charge on any atom is 0.0547 e. The Morgan fingerprint density at radius 2 is 0.810 bits per heavy atom. The third kappa shape index (κ3) is 5.74. The van der Waals surface area contributed by atoms with E-state index in [0.29, 0.717) is 0 Å². The van der Waals surface area contributed by atoms with Crippen LogP contribution in [0.3, 0.4) is 0 Å². The van der Waals surface area contributed by atoms with Crippen molar-refractivity contribution in [1.29, 1.82) is 0 Å². The molecule has 11 aromatic rings. The summed E-state index contributed by atoms with van der Waals surface area (Å²) in [7, 11) is 0. The standard InChI is InChI=1S/C56H38N2/c1-3-16-39(17-4-1)42-22-11-26-45(36-42)57(46-27-12-23-43(37-46)50-30-13-20-40-18-7-9-28-48(40)50)47-34-35-54-53(38-47)56-52(51-31-14-21-41-19-8-10-29-49(41)51)32-15-33-55(56)58(54)44-24-5-2-6-25-44/h1-38H. The fraction of sp³-hybridized carbons (Fsp3) is 0. The number of anilines is 3. The molecule has 0 saturated carbocycles. The molecule has 0 N–H and O–H groups in total. The summed E-state index contributed by atoms with van der Waals surface area (Å²) in [5.41, 5.74) is 14.0. The molecule has 1 aromatic heterocycles. The van der Waals surface area contributed by atoms with Crippen LogP contribution in [0.4, 0.5) is 17.1 Å². The van der Waals surface area contributed by atoms with Crippen molar-refractivity contribution < 1.29 is 0 Å². The monoisotopic (exact) mass is 738 g/mol. The number of aromatic nitrogens is 1. The molecule has 1 heterocycles. The van der Waals surface area contributed by atoms with Gasteiger partial charge in [0.2, 0.25) is 0 Å². The van der Waals surface area contributed by atoms with Crippen LogP contribution in [0, 0.1) is 0 Å². The number of hydrogen-bond acceptors (Lipinski definition) is 1. The van der Waals surface area contributed by atoms with Gasteiger partial charge in [0, 0.05) is 33.5 Å². The van der Waals surface area contributed by atoms with Gasteiger partial charge in [-0.1, -0.05) is 170 Å². The SMILES string of the molecule is c1ccc(-c2cccc(N(c3cccc(-c4cccc5ccccc45)c3)c3ccc4c(c3)c3c(-c5cccc6ccccc56)cccc3n4-c3ccccc3)c2)cc1. The van der Waals surface area contributed by atoms with Crippen LogP contribution in [-0.4, -0.2) is 4.57 Å². The van der Waals surface area contributed by atoms with Crippen LogP contribution in [0.1, 0.15) is 0 Å². The summed E-state index contributed by atoms with van der Waals surface area (Å²) in [6.07, 6.45) is 0. The van der Waals surface area contributed by atoms with E-state index in [9.17, 15) is 0 Å². The van der Waals surface area contributed by atoms with Crippen molar-refractivity contribution in [3.8, 4) is 39.1 Å². The van der Waals surface area contributed by atoms with E-state index in [-0.39, 0.29) is 0 Å². The summed E-state index contributed by atoms with van der Waals surface area (Å²) in [5.74, 6) is 0. The summed E-state index contributed by atoms with van der Waals surface area (Å²) in [5, 5.41) is 7.41. The van der Waals surface area contributed by atoms with Gasteiger partial charge in [0.1, 0.15) is 0 Å². The number of para-hydroxylation sites is 1. The molecule has 0 aliphatic rings. The van der Waals surface area contributed by atoms with Gasteiger partial charge in [-0.25, -0.2) is 0 Å². The smallest absolute Gasteiger partial charge is 0.0547 e. The largest absolute Gasteiger partial charge is 0.310 e. The summed E-state index contributed by atoms with van der Waals surface area (Å²) in [6, 6.07) is 83.8. The highest BCUT2D eigenvalue weighted by Gasteiger charge is 2.21. The van der Waals surface area contributed by atoms with Crippen molar-refractivity contribution >= 4 is 60.4 Å². The second-order valence-corrected chi connectivity index (χ2v) is 14.9. The van der Waals surface area contributed by atoms with Gasteiger partial charge >= 0.3 is 0 Å². The van der Waals surface area contributed by atoms with E-state index in [0.717, 1.165) is 22.7 Å². The van der Waals surface area contributed by atoms with Crippen LogP contribution in [-0.2, 0) is 0 Å². The number of hydrogen-bond donors (Lipinski definition) is 0. The van der Waals surface area contributed by atoms with Crippen LogP contribution in [0.15, 0.2) is 231 Å². The molecule has 0 aliphatic carbocycles. The maximum atomic E-state index is 2.42. The molecule has 0 spiro atoms. The zero-order valence-electron chi connectivity index (χ0n) is 31.8. The minimum Gasteiger partial charge on any atom is -0.310 e. The predicted octanol–water partition coefficient (Wildman–Crippen LogP) is 15.6. The molecule has 0 bridgehead atoms. The molecule has 0 saturated heterocycles. The second-order valence-electron chi connectivity index (χ2n) is 14.9. The van der Waals surface area contributed by atoms with Crippen LogP contribution >= 0.6 is 0 Å². The van der Waals surface area contributed by atoms with Gasteiger partial charge in [0.05, 0.1) is 11.0 Å². The molecule has 272 valence electrons. The molecule has 2 nitrogen and oxygen atoms in total. The third-order valence-corrected chi connectivity index (χ3v) is 11.5. The molecular formula is C56H38N2. The van der Waals surface area contributed by atoms with E-state index in [1.807, 2.05) is 0 Å². The molecule has 2 heteroatoms. The van der Waals surface area contributed by atoms with E-state index >= 15 is 0 Å². The first-order valence-electron chi connectivity index (χ1n) is 19.9. The Hall–Kier alpha value is -7.68. The van der Waals surface area contributed by atoms with Gasteiger partial charge < -0.3 is 9.47 Å². The number of benzene rings is 10. The predicted molar refractivity (Wildman–Crippen MR) is 247 cm³/mol. The molecule has 10 aromatic carbocycles. The minimum atomic E-state index is 1.09. The average molecular weight is 739 g/mol. The normalized spacial score (nSPS) is 11.4. The summed E-state index contributed by atoms with van der Waals surface area (Å²) >= 11 is 0. The van der Waals surface area contributed by atoms with Crippen molar-refractivity contribution in [2.45, 2.75) is 0 Å². The molecule has 11 rings (SSSR count). The first-order chi connectivity index (χ1) is 28.8. The van der Waals surface area contributed by atoms with Crippen molar-refractivity contribution in [2.24, 2.45) is 0 Å². The van der Waals surface area contributed by atoms with E-state index in [4.69, 9.17) is 0 Å². The van der Waals surface area contributed by atoms with Gasteiger partial charge in [-0.2, -0.15) is 0 Å². The number of rotatable bonds is 7. The van der Waals surface area contributed by atoms with Gasteiger partial charge in [-0.05, 0) is 116 Å². The summed E-state index contributed by atoms with van der Waals surface area (Å²) in [4.78, 5) is 2.42. The lowest BCUT2D eigenvalue weighted by Crippen LogP contribution is -2.10. The Morgan fingerprint density at radius 1 is 0.293 bits per heavy atom. The molecule has 0 fully saturated rings. The van der Waals surface area contributed by atoms with E-state index < -0.39 is 0 Å². The lowest BCUT2D eigenvalue weighted by Gasteiger charge is -2.27. The molecule has 0 atom stereocenters. The first kappa shape index (κ1) is 33.6. The molecule has 0 aliphatic heterocycles. The van der Waals surface area contributed by atoms with Crippen molar-refractivity contribution in [3.05, 3.63) is 231 Å². The Morgan fingerprint density at radius 3 is 1.55 bits per heavy atom. The molecule has 0 amide bonds. The Labute approximate surface area is 338 Å². The third-order valence-electron chi connectivity index (χ3n) is 11.5. The lowest BCUT2D eigenvalue weighted by atomic mass is 9.94. The number of fused-ring (bicyclic) bond motifs is 5. The van der Waals surface area contributed by atoms with E-state index in [1.165, 1.54) is 76.7 Å². The number of nitrogens with zero attached hydrogens (tertiary/aromatic N) is 2. The van der Waals surface area contributed by atoms with Gasteiger partial charge in [-0.15, -0.1) is 0 Å². The van der Waals surface area contributed by atoms with Crippen molar-refractivity contribution in [1.82, 2.24) is 4.57 Å². The van der Waals surface area contributed by atoms with E-state index in [2.05, 4.69) is 240 Å². The van der Waals surface area contributed by atoms with E-state index in [1.54, 1.807) is 0 Å². The lowest BCUT2D eigenvalue weighted by molar-refractivity contribution is 1.18. The van der Waals surface area contributed by atoms with Crippen molar-refractivity contribution in [2.75, 3.05) is 4.90 Å². The molecule has 0 unspecified atom stereocenters. The first-order valence-corrected chi connectivity index (χ1v) is 19.9. The highest BCUT2D eigenvalue weighted by atomic mass is 15.1. The van der Waals surface area contributed by atoms with Gasteiger partial charge in [0.15, 0.2) is 0 Å². The second kappa shape index (κ2) is 14.1. The highest BCUT2D eigenvalue weighted by molar-refractivity contribution is 6.18. The Balaban J connectivity index is 1.18. The van der Waals surface area contributed by atoms with Crippen LogP contribution < -0.4 is 4.90 Å². The molecule has 0 radical (unpaired) electrons. The van der Waals surface area contributed by atoms with Crippen LogP contribution in [0.5, 0.6) is 0 Å². The maximum absolute atomic E-state index is 2.42. The summed E-state index contributed by atoms with van der Waals surface area (Å²) < 4.78 is 2.42. The fourth-order valence-corrected chi connectivity index (χ4v) is 8.93. The highest BCUT2D eigenvalue weighted by Crippen LogP contribution is 2.45. The Kier molecular flexibility index (Phi) is 8.19. The zero-order chi connectivity index (χ0) is 38.4. The van der Waals surface area contributed by atoms with Gasteiger partial charge in [0.25, 0.3) is 0 Å².